The van der Waals surface area contributed by atoms with Gasteiger partial charge in [-0.1, -0.05) is 66.7 Å². The van der Waals surface area contributed by atoms with Crippen molar-refractivity contribution in [3.05, 3.63) is 103 Å². The Balaban J connectivity index is 1.71. The zero-order valence-corrected chi connectivity index (χ0v) is 20.4. The Labute approximate surface area is 203 Å². The Kier molecular flexibility index (Phi) is 5.69. The van der Waals surface area contributed by atoms with Crippen molar-refractivity contribution >= 4 is 45.2 Å². The lowest BCUT2D eigenvalue weighted by atomic mass is 9.94. The van der Waals surface area contributed by atoms with Crippen molar-refractivity contribution in [2.75, 3.05) is 0 Å². The molecule has 2 aliphatic rings. The highest BCUT2D eigenvalue weighted by Gasteiger charge is 2.14. The van der Waals surface area contributed by atoms with Crippen LogP contribution in [0.3, 0.4) is 0 Å². The molecule has 0 aliphatic carbocycles. The van der Waals surface area contributed by atoms with Gasteiger partial charge in [-0.05, 0) is 96.8 Å². The molecule has 0 N–H and O–H groups in total. The number of hydrogen-bond donors (Lipinski definition) is 0. The molecule has 0 atom stereocenters. The van der Waals surface area contributed by atoms with Crippen molar-refractivity contribution in [1.29, 1.82) is 0 Å². The lowest BCUT2D eigenvalue weighted by Crippen LogP contribution is -2.02. The summed E-state index contributed by atoms with van der Waals surface area (Å²) in [6.07, 6.45) is 0. The number of rotatable bonds is 0. The largest absolute Gasteiger partial charge is 0.488 e. The van der Waals surface area contributed by atoms with E-state index in [2.05, 4.69) is 130 Å². The van der Waals surface area contributed by atoms with E-state index in [0.29, 0.717) is 13.2 Å². The molecule has 0 amide bonds. The Bertz CT molecular complexity index is 1140. The number of halogens is 2. The average molecular weight is 616 g/mol. The molecule has 2 aliphatic heterocycles. The summed E-state index contributed by atoms with van der Waals surface area (Å²) >= 11 is 4.64. The van der Waals surface area contributed by atoms with Crippen LogP contribution in [0, 0.1) is 7.14 Å². The van der Waals surface area contributed by atoms with Crippen molar-refractivity contribution in [2.24, 2.45) is 0 Å². The van der Waals surface area contributed by atoms with E-state index in [9.17, 15) is 0 Å². The maximum Gasteiger partial charge on any atom is 0.134 e. The van der Waals surface area contributed by atoms with Crippen LogP contribution in [0.1, 0.15) is 11.1 Å². The minimum absolute atomic E-state index is 0.517. The van der Waals surface area contributed by atoms with Crippen LogP contribution in [0.25, 0.3) is 22.3 Å². The van der Waals surface area contributed by atoms with Crippen molar-refractivity contribution < 1.29 is 9.47 Å². The molecule has 4 bridgehead atoms. The summed E-state index contributed by atoms with van der Waals surface area (Å²) in [5.74, 6) is 1.76. The molecule has 6 rings (SSSR count). The van der Waals surface area contributed by atoms with Crippen LogP contribution in [0.2, 0.25) is 0 Å². The molecule has 4 aromatic rings. The van der Waals surface area contributed by atoms with Gasteiger partial charge >= 0.3 is 0 Å². The summed E-state index contributed by atoms with van der Waals surface area (Å²) < 4.78 is 14.6. The van der Waals surface area contributed by atoms with Gasteiger partial charge in [0, 0.05) is 0 Å². The fraction of sp³-hybridized carbons (Fsp3) is 0.0769. The molecule has 148 valence electrons. The van der Waals surface area contributed by atoms with Gasteiger partial charge in [-0.3, -0.25) is 0 Å². The molecular formula is C26H18I2O2. The number of benzene rings is 4. The molecule has 4 heteroatoms. The Morgan fingerprint density at radius 1 is 0.533 bits per heavy atom. The predicted molar refractivity (Wildman–Crippen MR) is 138 cm³/mol. The quantitative estimate of drug-likeness (QED) is 0.189. The second-order valence-corrected chi connectivity index (χ2v) is 9.51. The minimum atomic E-state index is 0.517. The van der Waals surface area contributed by atoms with Gasteiger partial charge in [0.05, 0.1) is 7.14 Å². The molecule has 0 aromatic heterocycles. The topological polar surface area (TPSA) is 18.5 Å². The molecule has 0 fully saturated rings. The van der Waals surface area contributed by atoms with Crippen LogP contribution in [0.5, 0.6) is 11.5 Å². The molecular weight excluding hydrogens is 598 g/mol. The average Bonchev–Trinajstić information content (AvgIpc) is 2.78. The zero-order valence-electron chi connectivity index (χ0n) is 16.1. The Morgan fingerprint density at radius 3 is 1.50 bits per heavy atom. The van der Waals surface area contributed by atoms with Gasteiger partial charge in [0.2, 0.25) is 0 Å². The first kappa shape index (κ1) is 19.9. The Morgan fingerprint density at radius 2 is 1.00 bits per heavy atom. The van der Waals surface area contributed by atoms with Gasteiger partial charge in [0.1, 0.15) is 24.7 Å². The molecule has 2 heterocycles. The smallest absolute Gasteiger partial charge is 0.134 e. The summed E-state index contributed by atoms with van der Waals surface area (Å²) in [5.41, 5.74) is 7.12. The maximum atomic E-state index is 6.24. The van der Waals surface area contributed by atoms with E-state index in [1.54, 1.807) is 0 Å². The van der Waals surface area contributed by atoms with Gasteiger partial charge in [0.25, 0.3) is 0 Å². The summed E-state index contributed by atoms with van der Waals surface area (Å²) in [4.78, 5) is 0. The highest BCUT2D eigenvalue weighted by atomic mass is 127. The van der Waals surface area contributed by atoms with Gasteiger partial charge < -0.3 is 9.47 Å². The van der Waals surface area contributed by atoms with Gasteiger partial charge in [0.15, 0.2) is 0 Å². The molecule has 4 aromatic carbocycles. The van der Waals surface area contributed by atoms with Crippen molar-refractivity contribution in [3.8, 4) is 33.8 Å². The van der Waals surface area contributed by atoms with E-state index < -0.39 is 0 Å². The van der Waals surface area contributed by atoms with Gasteiger partial charge in [-0.25, -0.2) is 0 Å². The van der Waals surface area contributed by atoms with Crippen LogP contribution in [-0.2, 0) is 13.2 Å². The summed E-state index contributed by atoms with van der Waals surface area (Å²) in [6, 6.07) is 29.8. The Hall–Kier alpha value is -2.06. The van der Waals surface area contributed by atoms with Crippen LogP contribution in [0.4, 0.5) is 0 Å². The van der Waals surface area contributed by atoms with E-state index in [0.717, 1.165) is 18.6 Å². The van der Waals surface area contributed by atoms with E-state index >= 15 is 0 Å². The number of ether oxygens (including phenoxy) is 2. The number of fused-ring (bicyclic) bond motifs is 4. The lowest BCUT2D eigenvalue weighted by Gasteiger charge is -2.14. The highest BCUT2D eigenvalue weighted by molar-refractivity contribution is 14.1. The van der Waals surface area contributed by atoms with Crippen LogP contribution >= 0.6 is 45.2 Å². The van der Waals surface area contributed by atoms with E-state index in [-0.39, 0.29) is 0 Å². The fourth-order valence-corrected chi connectivity index (χ4v) is 4.94. The normalized spacial score (nSPS) is 12.6. The molecule has 0 saturated heterocycles. The molecule has 0 unspecified atom stereocenters. The minimum Gasteiger partial charge on any atom is -0.488 e. The first-order valence-corrected chi connectivity index (χ1v) is 11.9. The summed E-state index contributed by atoms with van der Waals surface area (Å²) in [5, 5.41) is 0. The molecule has 0 saturated carbocycles. The first-order valence-electron chi connectivity index (χ1n) is 9.70. The third-order valence-electron chi connectivity index (χ3n) is 5.27. The van der Waals surface area contributed by atoms with Crippen LogP contribution < -0.4 is 9.47 Å². The third kappa shape index (κ3) is 3.95. The SMILES string of the molecule is Ic1cc2c(I)cc1OCc1ccccc1-c1cccc(c1)-c1ccccc1CO2. The lowest BCUT2D eigenvalue weighted by molar-refractivity contribution is 0.294. The second kappa shape index (κ2) is 8.59. The molecule has 2 nitrogen and oxygen atoms in total. The van der Waals surface area contributed by atoms with E-state index in [1.165, 1.54) is 33.4 Å². The van der Waals surface area contributed by atoms with E-state index in [1.807, 2.05) is 0 Å². The van der Waals surface area contributed by atoms with Crippen LogP contribution in [-0.4, -0.2) is 0 Å². The standard InChI is InChI=1S/C26H18I2O2/c27-23-14-26-24(28)13-25(23)29-15-19-6-1-3-10-21(19)17-8-5-9-18(12-17)22-11-4-2-7-20(22)16-30-26/h1-14H,15-16H2. The number of hydrogen-bond acceptors (Lipinski definition) is 2. The van der Waals surface area contributed by atoms with Crippen molar-refractivity contribution in [2.45, 2.75) is 13.2 Å². The van der Waals surface area contributed by atoms with Crippen molar-refractivity contribution in [3.63, 3.8) is 0 Å². The van der Waals surface area contributed by atoms with Gasteiger partial charge in [-0.15, -0.1) is 0 Å². The second-order valence-electron chi connectivity index (χ2n) is 7.19. The molecule has 0 radical (unpaired) electrons. The molecule has 0 spiro atoms. The zero-order chi connectivity index (χ0) is 20.5. The predicted octanol–water partition coefficient (Wildman–Crippen LogP) is 7.70. The van der Waals surface area contributed by atoms with Gasteiger partial charge in [-0.2, -0.15) is 0 Å². The van der Waals surface area contributed by atoms with Crippen molar-refractivity contribution in [1.82, 2.24) is 0 Å². The maximum absolute atomic E-state index is 6.24. The van der Waals surface area contributed by atoms with Crippen LogP contribution in [0.15, 0.2) is 84.9 Å². The molecule has 30 heavy (non-hydrogen) atoms. The first-order chi connectivity index (χ1) is 14.7. The highest BCUT2D eigenvalue weighted by Crippen LogP contribution is 2.35. The van der Waals surface area contributed by atoms with E-state index in [4.69, 9.17) is 9.47 Å². The summed E-state index contributed by atoms with van der Waals surface area (Å²) in [7, 11) is 0. The summed E-state index contributed by atoms with van der Waals surface area (Å²) in [6.45, 7) is 1.03. The monoisotopic (exact) mass is 616 g/mol. The fourth-order valence-electron chi connectivity index (χ4n) is 3.75. The third-order valence-corrected chi connectivity index (χ3v) is 6.96.